The fraction of sp³-hybridized carbons (Fsp3) is 0.294. The standard InChI is InChI=1S/C17H23INO2SSi/c1-22(20,21)19-17-11-9-16(10-12-17)18-15-7-5-14(6-8-15)13-23(2,3)4/h5-12,19H,13H2,1-4H3/q-1. The average Bonchev–Trinajstić information content (AvgIpc) is 2.40. The van der Waals surface area contributed by atoms with Gasteiger partial charge in [-0.05, 0) is 0 Å². The van der Waals surface area contributed by atoms with Crippen LogP contribution in [0.4, 0.5) is 5.69 Å². The Kier molecular flexibility index (Phi) is 5.91. The number of anilines is 1. The second-order valence-corrected chi connectivity index (χ2v) is 17.1. The number of rotatable bonds is 6. The van der Waals surface area contributed by atoms with Crippen molar-refractivity contribution in [3.63, 3.8) is 0 Å². The van der Waals surface area contributed by atoms with Crippen molar-refractivity contribution in [3.8, 4) is 0 Å². The third kappa shape index (κ3) is 7.05. The van der Waals surface area contributed by atoms with E-state index in [2.05, 4.69) is 48.6 Å². The zero-order valence-corrected chi connectivity index (χ0v) is 17.9. The van der Waals surface area contributed by atoms with E-state index in [4.69, 9.17) is 0 Å². The van der Waals surface area contributed by atoms with Gasteiger partial charge in [-0.1, -0.05) is 0 Å². The van der Waals surface area contributed by atoms with Crippen molar-refractivity contribution in [2.75, 3.05) is 11.0 Å². The van der Waals surface area contributed by atoms with Gasteiger partial charge in [0.15, 0.2) is 0 Å². The summed E-state index contributed by atoms with van der Waals surface area (Å²) in [6.45, 7) is 7.17. The Morgan fingerprint density at radius 3 is 1.83 bits per heavy atom. The number of halogens is 1. The molecule has 6 heteroatoms. The van der Waals surface area contributed by atoms with E-state index in [1.807, 2.05) is 24.3 Å². The molecule has 2 rings (SSSR count). The Bertz CT molecular complexity index is 751. The van der Waals surface area contributed by atoms with E-state index in [1.165, 1.54) is 18.7 Å². The Labute approximate surface area is 150 Å². The predicted molar refractivity (Wildman–Crippen MR) is 95.8 cm³/mol. The molecule has 0 atom stereocenters. The van der Waals surface area contributed by atoms with Crippen LogP contribution in [0.3, 0.4) is 0 Å². The van der Waals surface area contributed by atoms with Crippen LogP contribution in [0.15, 0.2) is 48.5 Å². The summed E-state index contributed by atoms with van der Waals surface area (Å²) in [4.78, 5) is 0. The molecule has 0 fully saturated rings. The number of hydrogen-bond acceptors (Lipinski definition) is 2. The first kappa shape index (κ1) is 18.5. The summed E-state index contributed by atoms with van der Waals surface area (Å²) in [5.41, 5.74) is 2.05. The second kappa shape index (κ2) is 7.35. The Morgan fingerprint density at radius 2 is 1.39 bits per heavy atom. The maximum absolute atomic E-state index is 11.2. The summed E-state index contributed by atoms with van der Waals surface area (Å²) in [5.74, 6) is 0. The third-order valence-electron chi connectivity index (χ3n) is 3.01. The molecule has 3 nitrogen and oxygen atoms in total. The van der Waals surface area contributed by atoms with Crippen LogP contribution in [0.1, 0.15) is 5.56 Å². The number of hydrogen-bond donors (Lipinski definition) is 1. The van der Waals surface area contributed by atoms with Crippen LogP contribution in [0.25, 0.3) is 0 Å². The number of benzene rings is 2. The summed E-state index contributed by atoms with van der Waals surface area (Å²) in [6, 6.07) is 17.9. The molecular formula is C17H23INO2SSi-. The number of nitrogens with one attached hydrogen (secondary N) is 1. The molecule has 0 unspecified atom stereocenters. The van der Waals surface area contributed by atoms with Crippen molar-refractivity contribution in [1.29, 1.82) is 0 Å². The van der Waals surface area contributed by atoms with Gasteiger partial charge in [0.2, 0.25) is 0 Å². The fourth-order valence-corrected chi connectivity index (χ4v) is 6.38. The van der Waals surface area contributed by atoms with Crippen LogP contribution in [0.2, 0.25) is 19.6 Å². The van der Waals surface area contributed by atoms with E-state index in [0.717, 1.165) is 6.26 Å². The molecule has 0 aliphatic heterocycles. The molecule has 2 aromatic rings. The van der Waals surface area contributed by atoms with E-state index in [1.54, 1.807) is 0 Å². The molecule has 0 amide bonds. The quantitative estimate of drug-likeness (QED) is 0.507. The fourth-order valence-electron chi connectivity index (χ4n) is 2.20. The Balaban J connectivity index is 2.02. The molecule has 1 N–H and O–H groups in total. The Morgan fingerprint density at radius 1 is 0.913 bits per heavy atom. The topological polar surface area (TPSA) is 46.2 Å². The summed E-state index contributed by atoms with van der Waals surface area (Å²) in [7, 11) is -4.27. The molecule has 0 aromatic heterocycles. The first-order valence-corrected chi connectivity index (χ1v) is 15.2. The first-order chi connectivity index (χ1) is 10.6. The molecule has 23 heavy (non-hydrogen) atoms. The number of sulfonamides is 1. The molecule has 0 saturated heterocycles. The van der Waals surface area contributed by atoms with E-state index in [9.17, 15) is 8.42 Å². The van der Waals surface area contributed by atoms with Crippen molar-refractivity contribution in [2.45, 2.75) is 25.7 Å². The van der Waals surface area contributed by atoms with Gasteiger partial charge in [-0.2, -0.15) is 0 Å². The molecular weight excluding hydrogens is 437 g/mol. The van der Waals surface area contributed by atoms with Gasteiger partial charge in [-0.3, -0.25) is 0 Å². The molecule has 2 aromatic carbocycles. The van der Waals surface area contributed by atoms with Crippen LogP contribution in [0.5, 0.6) is 0 Å². The van der Waals surface area contributed by atoms with Crippen molar-refractivity contribution in [1.82, 2.24) is 0 Å². The van der Waals surface area contributed by atoms with Crippen LogP contribution >= 0.6 is 0 Å². The molecule has 0 heterocycles. The van der Waals surface area contributed by atoms with Crippen molar-refractivity contribution in [3.05, 3.63) is 61.2 Å². The van der Waals surface area contributed by atoms with E-state index in [-0.39, 0.29) is 21.2 Å². The van der Waals surface area contributed by atoms with Gasteiger partial charge >= 0.3 is 151 Å². The molecule has 0 aliphatic carbocycles. The van der Waals surface area contributed by atoms with Gasteiger partial charge in [-0.25, -0.2) is 0 Å². The maximum atomic E-state index is 11.2. The molecule has 126 valence electrons. The van der Waals surface area contributed by atoms with Crippen LogP contribution in [-0.2, 0) is 16.1 Å². The summed E-state index contributed by atoms with van der Waals surface area (Å²) in [6.07, 6.45) is 1.16. The minimum absolute atomic E-state index is 0.231. The zero-order chi connectivity index (χ0) is 17.1. The molecule has 0 radical (unpaired) electrons. The molecule has 0 bridgehead atoms. The van der Waals surface area contributed by atoms with E-state index in [0.29, 0.717) is 5.69 Å². The zero-order valence-electron chi connectivity index (χ0n) is 13.9. The van der Waals surface area contributed by atoms with Gasteiger partial charge in [-0.15, -0.1) is 0 Å². The van der Waals surface area contributed by atoms with Crippen LogP contribution < -0.4 is 25.9 Å². The summed E-state index contributed by atoms with van der Waals surface area (Å²) < 4.78 is 27.6. The third-order valence-corrected chi connectivity index (χ3v) is 7.77. The molecule has 0 saturated carbocycles. The van der Waals surface area contributed by atoms with Crippen molar-refractivity contribution < 1.29 is 29.6 Å². The first-order valence-electron chi connectivity index (χ1n) is 7.42. The summed E-state index contributed by atoms with van der Waals surface area (Å²) in [5, 5.41) is 0. The van der Waals surface area contributed by atoms with Crippen LogP contribution in [-0.4, -0.2) is 22.7 Å². The van der Waals surface area contributed by atoms with Gasteiger partial charge in [0.1, 0.15) is 0 Å². The van der Waals surface area contributed by atoms with Gasteiger partial charge in [0, 0.05) is 0 Å². The summed E-state index contributed by atoms with van der Waals surface area (Å²) >= 11 is -0.231. The van der Waals surface area contributed by atoms with Gasteiger partial charge < -0.3 is 0 Å². The normalized spacial score (nSPS) is 12.3. The van der Waals surface area contributed by atoms with Gasteiger partial charge in [0.25, 0.3) is 0 Å². The second-order valence-electron chi connectivity index (χ2n) is 6.84. The minimum atomic E-state index is -3.21. The SMILES string of the molecule is C[Si](C)(C)Cc1ccc([I-]c2ccc(NS(C)(=O)=O)cc2)cc1. The monoisotopic (exact) mass is 460 g/mol. The van der Waals surface area contributed by atoms with E-state index >= 15 is 0 Å². The van der Waals surface area contributed by atoms with Crippen molar-refractivity contribution in [2.24, 2.45) is 0 Å². The molecule has 0 spiro atoms. The molecule has 0 aliphatic rings. The Hall–Kier alpha value is -0.863. The predicted octanol–water partition coefficient (Wildman–Crippen LogP) is 0.606. The van der Waals surface area contributed by atoms with Crippen LogP contribution in [0, 0.1) is 7.14 Å². The van der Waals surface area contributed by atoms with Crippen molar-refractivity contribution >= 4 is 23.8 Å². The average molecular weight is 460 g/mol. The van der Waals surface area contributed by atoms with Gasteiger partial charge in [0.05, 0.1) is 0 Å². The van der Waals surface area contributed by atoms with E-state index < -0.39 is 18.1 Å².